The smallest absolute Gasteiger partial charge is 0.239 e. The van der Waals surface area contributed by atoms with Crippen LogP contribution < -0.4 is 10.6 Å². The minimum absolute atomic E-state index is 0.00125. The predicted molar refractivity (Wildman–Crippen MR) is 64.1 cm³/mol. The lowest BCUT2D eigenvalue weighted by molar-refractivity contribution is -0.132. The number of rotatable bonds is 6. The van der Waals surface area contributed by atoms with E-state index in [1.807, 2.05) is 13.8 Å². The second kappa shape index (κ2) is 7.22. The lowest BCUT2D eigenvalue weighted by Crippen LogP contribution is -2.51. The molecule has 0 radical (unpaired) electrons. The summed E-state index contributed by atoms with van der Waals surface area (Å²) in [6.07, 6.45) is 0. The molecule has 2 atom stereocenters. The Hall–Kier alpha value is -1.10. The molecule has 2 unspecified atom stereocenters. The molecule has 0 heterocycles. The number of likely N-dealkylation sites (N-methyl/N-ethyl adjacent to an activating group) is 2. The Balaban J connectivity index is 4.18. The number of amides is 2. The summed E-state index contributed by atoms with van der Waals surface area (Å²) in [5.74, 6) is -0.0834. The van der Waals surface area contributed by atoms with E-state index >= 15 is 0 Å². The molecule has 16 heavy (non-hydrogen) atoms. The van der Waals surface area contributed by atoms with Crippen LogP contribution in [0.25, 0.3) is 0 Å². The number of nitrogens with one attached hydrogen (secondary N) is 2. The maximum absolute atomic E-state index is 11.7. The maximum atomic E-state index is 11.7. The number of carbonyl (C=O) groups excluding carboxylic acids is 2. The normalized spacial score (nSPS) is 14.1. The molecule has 0 saturated heterocycles. The van der Waals surface area contributed by atoms with Crippen LogP contribution in [0.15, 0.2) is 0 Å². The van der Waals surface area contributed by atoms with Crippen LogP contribution in [-0.2, 0) is 9.59 Å². The number of carbonyl (C=O) groups is 2. The average molecular weight is 229 g/mol. The highest BCUT2D eigenvalue weighted by molar-refractivity contribution is 5.84. The number of hydrogen-bond donors (Lipinski definition) is 2. The van der Waals surface area contributed by atoms with Crippen molar-refractivity contribution in [3.8, 4) is 0 Å². The van der Waals surface area contributed by atoms with Gasteiger partial charge in [-0.15, -0.1) is 0 Å². The molecule has 94 valence electrons. The largest absolute Gasteiger partial charge is 0.355 e. The molecule has 0 aromatic rings. The van der Waals surface area contributed by atoms with Gasteiger partial charge in [-0.2, -0.15) is 0 Å². The Labute approximate surface area is 97.6 Å². The molecule has 2 amide bonds. The van der Waals surface area contributed by atoms with Crippen LogP contribution in [0.2, 0.25) is 0 Å². The third kappa shape index (κ3) is 4.61. The fraction of sp³-hybridized carbons (Fsp3) is 0.818. The van der Waals surface area contributed by atoms with Crippen LogP contribution in [0.5, 0.6) is 0 Å². The van der Waals surface area contributed by atoms with Crippen LogP contribution >= 0.6 is 0 Å². The van der Waals surface area contributed by atoms with Gasteiger partial charge >= 0.3 is 0 Å². The third-order valence-electron chi connectivity index (χ3n) is 2.47. The summed E-state index contributed by atoms with van der Waals surface area (Å²) in [5.41, 5.74) is 0. The highest BCUT2D eigenvalue weighted by Crippen LogP contribution is 1.94. The van der Waals surface area contributed by atoms with Gasteiger partial charge in [0.1, 0.15) is 0 Å². The molecule has 0 saturated carbocycles. The van der Waals surface area contributed by atoms with Gasteiger partial charge in [0.05, 0.1) is 12.1 Å². The van der Waals surface area contributed by atoms with Crippen LogP contribution in [0.1, 0.15) is 27.7 Å². The Morgan fingerprint density at radius 2 is 1.75 bits per heavy atom. The minimum atomic E-state index is -0.357. The lowest BCUT2D eigenvalue weighted by atomic mass is 10.2. The molecular weight excluding hydrogens is 206 g/mol. The van der Waals surface area contributed by atoms with Crippen molar-refractivity contribution in [3.05, 3.63) is 0 Å². The molecule has 2 N–H and O–H groups in total. The standard InChI is InChI=1S/C11H23N3O2/c1-6-12-10(15)8(3)13-9(4)11(16)14(5)7-2/h8-9,13H,6-7H2,1-5H3,(H,12,15). The van der Waals surface area contributed by atoms with Crippen molar-refractivity contribution in [3.63, 3.8) is 0 Å². The summed E-state index contributed by atoms with van der Waals surface area (Å²) >= 11 is 0. The van der Waals surface area contributed by atoms with Gasteiger partial charge < -0.3 is 10.2 Å². The summed E-state index contributed by atoms with van der Waals surface area (Å²) in [7, 11) is 1.75. The molecule has 0 aliphatic carbocycles. The van der Waals surface area contributed by atoms with Gasteiger partial charge in [-0.1, -0.05) is 0 Å². The zero-order chi connectivity index (χ0) is 12.7. The summed E-state index contributed by atoms with van der Waals surface area (Å²) in [4.78, 5) is 24.8. The summed E-state index contributed by atoms with van der Waals surface area (Å²) in [6, 6.07) is -0.702. The van der Waals surface area contributed by atoms with Crippen LogP contribution in [0, 0.1) is 0 Å². The Bertz CT molecular complexity index is 243. The maximum Gasteiger partial charge on any atom is 0.239 e. The topological polar surface area (TPSA) is 61.4 Å². The molecular formula is C11H23N3O2. The van der Waals surface area contributed by atoms with E-state index < -0.39 is 0 Å². The van der Waals surface area contributed by atoms with E-state index in [9.17, 15) is 9.59 Å². The van der Waals surface area contributed by atoms with Crippen molar-refractivity contribution >= 4 is 11.8 Å². The van der Waals surface area contributed by atoms with E-state index in [-0.39, 0.29) is 23.9 Å². The van der Waals surface area contributed by atoms with Crippen LogP contribution in [-0.4, -0.2) is 48.9 Å². The van der Waals surface area contributed by atoms with Crippen molar-refractivity contribution in [1.29, 1.82) is 0 Å². The van der Waals surface area contributed by atoms with Crippen molar-refractivity contribution in [1.82, 2.24) is 15.5 Å². The Morgan fingerprint density at radius 3 is 2.19 bits per heavy atom. The first kappa shape index (κ1) is 14.9. The molecule has 5 heteroatoms. The Kier molecular flexibility index (Phi) is 6.72. The van der Waals surface area contributed by atoms with E-state index in [2.05, 4.69) is 10.6 Å². The molecule has 0 aliphatic heterocycles. The molecule has 0 aliphatic rings. The van der Waals surface area contributed by atoms with Crippen LogP contribution in [0.3, 0.4) is 0 Å². The first-order valence-corrected chi connectivity index (χ1v) is 5.72. The van der Waals surface area contributed by atoms with E-state index in [1.165, 1.54) is 0 Å². The van der Waals surface area contributed by atoms with E-state index in [1.54, 1.807) is 25.8 Å². The molecule has 0 aromatic carbocycles. The Morgan fingerprint density at radius 1 is 1.19 bits per heavy atom. The fourth-order valence-corrected chi connectivity index (χ4v) is 1.34. The molecule has 0 aromatic heterocycles. The highest BCUT2D eigenvalue weighted by Gasteiger charge is 2.20. The van der Waals surface area contributed by atoms with Crippen LogP contribution in [0.4, 0.5) is 0 Å². The van der Waals surface area contributed by atoms with Crippen molar-refractivity contribution in [2.75, 3.05) is 20.1 Å². The second-order valence-electron chi connectivity index (χ2n) is 3.86. The third-order valence-corrected chi connectivity index (χ3v) is 2.47. The predicted octanol–water partition coefficient (Wildman–Crippen LogP) is -0.0326. The zero-order valence-electron chi connectivity index (χ0n) is 10.8. The monoisotopic (exact) mass is 229 g/mol. The quantitative estimate of drug-likeness (QED) is 0.672. The number of hydrogen-bond acceptors (Lipinski definition) is 3. The zero-order valence-corrected chi connectivity index (χ0v) is 10.8. The van der Waals surface area contributed by atoms with Gasteiger partial charge in [-0.3, -0.25) is 14.9 Å². The first-order valence-electron chi connectivity index (χ1n) is 5.72. The van der Waals surface area contributed by atoms with Crippen molar-refractivity contribution in [2.45, 2.75) is 39.8 Å². The number of nitrogens with zero attached hydrogens (tertiary/aromatic N) is 1. The van der Waals surface area contributed by atoms with E-state index in [0.29, 0.717) is 13.1 Å². The molecule has 0 spiro atoms. The second-order valence-corrected chi connectivity index (χ2v) is 3.86. The first-order chi connectivity index (χ1) is 7.43. The van der Waals surface area contributed by atoms with Crippen molar-refractivity contribution in [2.24, 2.45) is 0 Å². The lowest BCUT2D eigenvalue weighted by Gasteiger charge is -2.23. The van der Waals surface area contributed by atoms with Gasteiger partial charge in [0.15, 0.2) is 0 Å². The summed E-state index contributed by atoms with van der Waals surface area (Å²) in [5, 5.41) is 5.68. The van der Waals surface area contributed by atoms with E-state index in [0.717, 1.165) is 0 Å². The van der Waals surface area contributed by atoms with Gasteiger partial charge in [-0.25, -0.2) is 0 Å². The minimum Gasteiger partial charge on any atom is -0.355 e. The molecule has 0 bridgehead atoms. The van der Waals surface area contributed by atoms with Gasteiger partial charge in [-0.05, 0) is 27.7 Å². The molecule has 5 nitrogen and oxygen atoms in total. The SMILES string of the molecule is CCNC(=O)C(C)NC(C)C(=O)N(C)CC. The summed E-state index contributed by atoms with van der Waals surface area (Å²) < 4.78 is 0. The average Bonchev–Trinajstić information content (AvgIpc) is 2.26. The molecule has 0 rings (SSSR count). The van der Waals surface area contributed by atoms with Gasteiger partial charge in [0, 0.05) is 20.1 Å². The highest BCUT2D eigenvalue weighted by atomic mass is 16.2. The van der Waals surface area contributed by atoms with Crippen molar-refractivity contribution < 1.29 is 9.59 Å². The fourth-order valence-electron chi connectivity index (χ4n) is 1.34. The van der Waals surface area contributed by atoms with E-state index in [4.69, 9.17) is 0 Å². The summed E-state index contributed by atoms with van der Waals surface area (Å²) in [6.45, 7) is 8.56. The van der Waals surface area contributed by atoms with Gasteiger partial charge in [0.25, 0.3) is 0 Å². The molecule has 0 fully saturated rings. The van der Waals surface area contributed by atoms with Gasteiger partial charge in [0.2, 0.25) is 11.8 Å².